The van der Waals surface area contributed by atoms with Gasteiger partial charge in [-0.3, -0.25) is 4.79 Å². The molecule has 0 aliphatic heterocycles. The number of pyridine rings is 1. The van der Waals surface area contributed by atoms with Gasteiger partial charge in [0.1, 0.15) is 6.61 Å². The van der Waals surface area contributed by atoms with Gasteiger partial charge in [-0.15, -0.1) is 0 Å². The highest BCUT2D eigenvalue weighted by Crippen LogP contribution is 2.05. The maximum absolute atomic E-state index is 11.2. The van der Waals surface area contributed by atoms with Gasteiger partial charge in [-0.05, 0) is 12.5 Å². The first kappa shape index (κ1) is 12.4. The van der Waals surface area contributed by atoms with Crippen molar-refractivity contribution < 1.29 is 14.3 Å². The van der Waals surface area contributed by atoms with Crippen molar-refractivity contribution in [1.29, 1.82) is 0 Å². The fourth-order valence-corrected chi connectivity index (χ4v) is 1.08. The lowest BCUT2D eigenvalue weighted by Crippen LogP contribution is -2.27. The van der Waals surface area contributed by atoms with Crippen LogP contribution in [0.1, 0.15) is 12.5 Å². The molecule has 88 valence electrons. The van der Waals surface area contributed by atoms with E-state index in [1.54, 1.807) is 19.4 Å². The van der Waals surface area contributed by atoms with E-state index < -0.39 is 0 Å². The summed E-state index contributed by atoms with van der Waals surface area (Å²) in [5.74, 6) is 0.432. The highest BCUT2D eigenvalue weighted by molar-refractivity contribution is 5.77. The Labute approximate surface area is 94.8 Å². The molecule has 0 saturated carbocycles. The van der Waals surface area contributed by atoms with E-state index in [4.69, 9.17) is 9.47 Å². The summed E-state index contributed by atoms with van der Waals surface area (Å²) >= 11 is 0. The number of nitrogens with one attached hydrogen (secondary N) is 1. The molecule has 1 aromatic rings. The van der Waals surface area contributed by atoms with E-state index in [2.05, 4.69) is 10.3 Å². The number of aromatic nitrogens is 1. The molecule has 0 aromatic carbocycles. The quantitative estimate of drug-likeness (QED) is 0.774. The first-order chi connectivity index (χ1) is 7.76. The average molecular weight is 224 g/mol. The highest BCUT2D eigenvalue weighted by Gasteiger charge is 2.01. The maximum Gasteiger partial charge on any atom is 0.246 e. The summed E-state index contributed by atoms with van der Waals surface area (Å²) in [6.07, 6.45) is 1.67. The number of ether oxygens (including phenoxy) is 2. The van der Waals surface area contributed by atoms with E-state index in [0.29, 0.717) is 19.0 Å². The van der Waals surface area contributed by atoms with E-state index in [0.717, 1.165) is 5.56 Å². The topological polar surface area (TPSA) is 60.5 Å². The standard InChI is InChI=1S/C11H16N2O3/c1-3-16-8-10(14)12-6-9-4-5-11(15-2)13-7-9/h4-5,7H,3,6,8H2,1-2H3,(H,12,14). The summed E-state index contributed by atoms with van der Waals surface area (Å²) in [5, 5.41) is 2.73. The van der Waals surface area contributed by atoms with Gasteiger partial charge in [0.2, 0.25) is 11.8 Å². The van der Waals surface area contributed by atoms with Gasteiger partial charge in [0.15, 0.2) is 0 Å². The Bertz CT molecular complexity index is 325. The highest BCUT2D eigenvalue weighted by atomic mass is 16.5. The van der Waals surface area contributed by atoms with Gasteiger partial charge in [-0.2, -0.15) is 0 Å². The van der Waals surface area contributed by atoms with Crippen LogP contribution in [-0.4, -0.2) is 31.2 Å². The SMILES string of the molecule is CCOCC(=O)NCc1ccc(OC)nc1. The third-order valence-electron chi connectivity index (χ3n) is 1.93. The van der Waals surface area contributed by atoms with Crippen LogP contribution in [0.15, 0.2) is 18.3 Å². The van der Waals surface area contributed by atoms with Crippen LogP contribution in [-0.2, 0) is 16.1 Å². The third kappa shape index (κ3) is 4.27. The van der Waals surface area contributed by atoms with E-state index >= 15 is 0 Å². The molecule has 0 atom stereocenters. The molecule has 1 N–H and O–H groups in total. The summed E-state index contributed by atoms with van der Waals surface area (Å²) in [6.45, 7) is 2.93. The zero-order valence-corrected chi connectivity index (χ0v) is 9.53. The molecular weight excluding hydrogens is 208 g/mol. The summed E-state index contributed by atoms with van der Waals surface area (Å²) in [6, 6.07) is 3.61. The van der Waals surface area contributed by atoms with Crippen molar-refractivity contribution in [2.75, 3.05) is 20.3 Å². The molecule has 0 radical (unpaired) electrons. The van der Waals surface area contributed by atoms with Crippen molar-refractivity contribution in [3.8, 4) is 5.88 Å². The van der Waals surface area contributed by atoms with Crippen molar-refractivity contribution in [1.82, 2.24) is 10.3 Å². The molecule has 0 bridgehead atoms. The number of methoxy groups -OCH3 is 1. The van der Waals surface area contributed by atoms with Crippen LogP contribution in [0, 0.1) is 0 Å². The Balaban J connectivity index is 2.33. The predicted octanol–water partition coefficient (Wildman–Crippen LogP) is 0.743. The fourth-order valence-electron chi connectivity index (χ4n) is 1.08. The zero-order chi connectivity index (χ0) is 11.8. The number of amides is 1. The lowest BCUT2D eigenvalue weighted by Gasteiger charge is -2.05. The molecule has 1 aromatic heterocycles. The van der Waals surface area contributed by atoms with Crippen LogP contribution in [0.25, 0.3) is 0 Å². The minimum absolute atomic E-state index is 0.0973. The van der Waals surface area contributed by atoms with Gasteiger partial charge < -0.3 is 14.8 Å². The number of nitrogens with zero attached hydrogens (tertiary/aromatic N) is 1. The molecule has 5 heteroatoms. The van der Waals surface area contributed by atoms with Crippen LogP contribution in [0.5, 0.6) is 5.88 Å². The predicted molar refractivity (Wildman–Crippen MR) is 59.1 cm³/mol. The molecule has 1 heterocycles. The molecule has 0 unspecified atom stereocenters. The van der Waals surface area contributed by atoms with Gasteiger partial charge in [0, 0.05) is 25.4 Å². The van der Waals surface area contributed by atoms with Crippen LogP contribution in [0.4, 0.5) is 0 Å². The third-order valence-corrected chi connectivity index (χ3v) is 1.93. The van der Waals surface area contributed by atoms with E-state index in [9.17, 15) is 4.79 Å². The largest absolute Gasteiger partial charge is 0.481 e. The van der Waals surface area contributed by atoms with Crippen LogP contribution >= 0.6 is 0 Å². The minimum Gasteiger partial charge on any atom is -0.481 e. The van der Waals surface area contributed by atoms with Crippen molar-refractivity contribution in [3.63, 3.8) is 0 Å². The van der Waals surface area contributed by atoms with Crippen molar-refractivity contribution in [2.45, 2.75) is 13.5 Å². The van der Waals surface area contributed by atoms with E-state index in [1.807, 2.05) is 13.0 Å². The molecule has 1 amide bonds. The Morgan fingerprint density at radius 1 is 1.50 bits per heavy atom. The summed E-state index contributed by atoms with van der Waals surface area (Å²) in [7, 11) is 1.56. The van der Waals surface area contributed by atoms with Crippen LogP contribution < -0.4 is 10.1 Å². The fraction of sp³-hybridized carbons (Fsp3) is 0.455. The molecule has 0 saturated heterocycles. The second-order valence-electron chi connectivity index (χ2n) is 3.12. The first-order valence-electron chi connectivity index (χ1n) is 5.09. The van der Waals surface area contributed by atoms with Crippen molar-refractivity contribution in [3.05, 3.63) is 23.9 Å². The lowest BCUT2D eigenvalue weighted by molar-refractivity contribution is -0.125. The zero-order valence-electron chi connectivity index (χ0n) is 9.53. The summed E-state index contributed by atoms with van der Waals surface area (Å²) in [5.41, 5.74) is 0.922. The molecule has 5 nitrogen and oxygen atoms in total. The monoisotopic (exact) mass is 224 g/mol. The minimum atomic E-state index is -0.127. The van der Waals surface area contributed by atoms with Gasteiger partial charge in [0.25, 0.3) is 0 Å². The van der Waals surface area contributed by atoms with E-state index in [-0.39, 0.29) is 12.5 Å². The van der Waals surface area contributed by atoms with Gasteiger partial charge in [-0.25, -0.2) is 4.98 Å². The van der Waals surface area contributed by atoms with Crippen molar-refractivity contribution in [2.24, 2.45) is 0 Å². The molecule has 0 aliphatic rings. The Kier molecular flexibility index (Phi) is 5.28. The number of hydrogen-bond acceptors (Lipinski definition) is 4. The van der Waals surface area contributed by atoms with E-state index in [1.165, 1.54) is 0 Å². The Morgan fingerprint density at radius 3 is 2.88 bits per heavy atom. The lowest BCUT2D eigenvalue weighted by atomic mass is 10.3. The number of carbonyl (C=O) groups is 1. The summed E-state index contributed by atoms with van der Waals surface area (Å²) < 4.78 is 9.90. The molecule has 16 heavy (non-hydrogen) atoms. The second kappa shape index (κ2) is 6.79. The van der Waals surface area contributed by atoms with Gasteiger partial charge in [-0.1, -0.05) is 6.07 Å². The van der Waals surface area contributed by atoms with Crippen LogP contribution in [0.2, 0.25) is 0 Å². The maximum atomic E-state index is 11.2. The number of rotatable bonds is 6. The van der Waals surface area contributed by atoms with Crippen molar-refractivity contribution >= 4 is 5.91 Å². The molecule has 0 aliphatic carbocycles. The normalized spacial score (nSPS) is 9.88. The number of carbonyl (C=O) groups excluding carboxylic acids is 1. The number of hydrogen-bond donors (Lipinski definition) is 1. The Morgan fingerprint density at radius 2 is 2.31 bits per heavy atom. The van der Waals surface area contributed by atoms with Crippen LogP contribution in [0.3, 0.4) is 0 Å². The molecule has 0 fully saturated rings. The first-order valence-corrected chi connectivity index (χ1v) is 5.09. The second-order valence-corrected chi connectivity index (χ2v) is 3.12. The Hall–Kier alpha value is -1.62. The smallest absolute Gasteiger partial charge is 0.246 e. The molecular formula is C11H16N2O3. The average Bonchev–Trinajstić information content (AvgIpc) is 2.34. The molecule has 1 rings (SSSR count). The summed E-state index contributed by atoms with van der Waals surface area (Å²) in [4.78, 5) is 15.2. The van der Waals surface area contributed by atoms with Gasteiger partial charge in [0.05, 0.1) is 7.11 Å². The van der Waals surface area contributed by atoms with Gasteiger partial charge >= 0.3 is 0 Å². The molecule has 0 spiro atoms.